The number of hydrogen-bond donors (Lipinski definition) is 0. The van der Waals surface area contributed by atoms with E-state index in [-0.39, 0.29) is 23.9 Å². The molecule has 2 aliphatic heterocycles. The van der Waals surface area contributed by atoms with E-state index >= 15 is 0 Å². The number of ether oxygens (including phenoxy) is 3. The van der Waals surface area contributed by atoms with Crippen LogP contribution in [0.4, 0.5) is 5.82 Å². The Morgan fingerprint density at radius 3 is 2.62 bits per heavy atom. The van der Waals surface area contributed by atoms with Gasteiger partial charge in [0.25, 0.3) is 0 Å². The van der Waals surface area contributed by atoms with Crippen LogP contribution in [0.5, 0.6) is 11.6 Å². The molecular weight excluding hydrogens is 430 g/mol. The Morgan fingerprint density at radius 2 is 1.91 bits per heavy atom. The van der Waals surface area contributed by atoms with E-state index in [1.807, 2.05) is 24.3 Å². The standard InChI is InChI=1S/C24H30ClN3O4/c1-16(13-17(2)29)18-3-5-19(6-4-18)31-21-7-10-28(14-21)23-22(25)24(27-15-26-23)32-20-8-11-30-12-9-20/h3-6,15-16,20-21H,7-14H2,1-2H3/t16-,21-/m1/s1. The van der Waals surface area contributed by atoms with Gasteiger partial charge in [-0.25, -0.2) is 9.97 Å². The molecule has 2 saturated heterocycles. The van der Waals surface area contributed by atoms with Gasteiger partial charge < -0.3 is 23.9 Å². The van der Waals surface area contributed by atoms with Crippen molar-refractivity contribution in [2.75, 3.05) is 31.2 Å². The summed E-state index contributed by atoms with van der Waals surface area (Å²) >= 11 is 6.61. The third-order valence-corrected chi connectivity index (χ3v) is 6.31. The summed E-state index contributed by atoms with van der Waals surface area (Å²) in [6, 6.07) is 8.03. The van der Waals surface area contributed by atoms with E-state index in [0.717, 1.165) is 37.1 Å². The second-order valence-electron chi connectivity index (χ2n) is 8.60. The maximum absolute atomic E-state index is 11.4. The van der Waals surface area contributed by atoms with Crippen LogP contribution in [0.15, 0.2) is 30.6 Å². The number of halogens is 1. The van der Waals surface area contributed by atoms with E-state index in [4.69, 9.17) is 25.8 Å². The molecule has 0 saturated carbocycles. The second kappa shape index (κ2) is 10.5. The lowest BCUT2D eigenvalue weighted by atomic mass is 9.96. The predicted molar refractivity (Wildman–Crippen MR) is 123 cm³/mol. The summed E-state index contributed by atoms with van der Waals surface area (Å²) in [5.41, 5.74) is 1.14. The molecule has 2 fully saturated rings. The highest BCUT2D eigenvalue weighted by atomic mass is 35.5. The Labute approximate surface area is 194 Å². The lowest BCUT2D eigenvalue weighted by molar-refractivity contribution is -0.117. The van der Waals surface area contributed by atoms with Crippen LogP contribution in [0.25, 0.3) is 0 Å². The smallest absolute Gasteiger partial charge is 0.238 e. The third-order valence-electron chi connectivity index (χ3n) is 5.98. The maximum atomic E-state index is 11.4. The molecule has 2 aromatic rings. The lowest BCUT2D eigenvalue weighted by Gasteiger charge is -2.24. The maximum Gasteiger partial charge on any atom is 0.238 e. The Kier molecular flexibility index (Phi) is 7.48. The van der Waals surface area contributed by atoms with Crippen molar-refractivity contribution in [1.29, 1.82) is 0 Å². The van der Waals surface area contributed by atoms with Crippen LogP contribution in [0, 0.1) is 0 Å². The fourth-order valence-corrected chi connectivity index (χ4v) is 4.49. The summed E-state index contributed by atoms with van der Waals surface area (Å²) in [7, 11) is 0. The highest BCUT2D eigenvalue weighted by Gasteiger charge is 2.28. The molecule has 2 aliphatic rings. The summed E-state index contributed by atoms with van der Waals surface area (Å²) < 4.78 is 17.6. The molecule has 0 unspecified atom stereocenters. The van der Waals surface area contributed by atoms with Gasteiger partial charge in [0.05, 0.1) is 19.8 Å². The van der Waals surface area contributed by atoms with E-state index in [2.05, 4.69) is 21.8 Å². The number of ketones is 1. The molecule has 0 N–H and O–H groups in total. The van der Waals surface area contributed by atoms with Crippen molar-refractivity contribution < 1.29 is 19.0 Å². The molecule has 4 rings (SSSR count). The second-order valence-corrected chi connectivity index (χ2v) is 8.97. The van der Waals surface area contributed by atoms with Gasteiger partial charge in [0, 0.05) is 32.2 Å². The van der Waals surface area contributed by atoms with E-state index in [9.17, 15) is 4.79 Å². The van der Waals surface area contributed by atoms with E-state index in [0.29, 0.717) is 42.9 Å². The first-order chi connectivity index (χ1) is 15.5. The van der Waals surface area contributed by atoms with Gasteiger partial charge in [-0.1, -0.05) is 30.7 Å². The van der Waals surface area contributed by atoms with E-state index in [1.54, 1.807) is 6.92 Å². The van der Waals surface area contributed by atoms with Crippen LogP contribution < -0.4 is 14.4 Å². The number of benzene rings is 1. The fourth-order valence-electron chi connectivity index (χ4n) is 4.23. The number of rotatable bonds is 8. The van der Waals surface area contributed by atoms with Crippen molar-refractivity contribution in [3.63, 3.8) is 0 Å². The molecule has 8 heteroatoms. The number of anilines is 1. The number of Topliss-reactive ketones (excluding diaryl/α,β-unsaturated/α-hetero) is 1. The van der Waals surface area contributed by atoms with Gasteiger partial charge >= 0.3 is 0 Å². The van der Waals surface area contributed by atoms with Gasteiger partial charge in [0.2, 0.25) is 5.88 Å². The van der Waals surface area contributed by atoms with Gasteiger partial charge in [-0.3, -0.25) is 0 Å². The van der Waals surface area contributed by atoms with E-state index in [1.165, 1.54) is 6.33 Å². The first kappa shape index (κ1) is 22.8. The molecule has 1 aromatic heterocycles. The van der Waals surface area contributed by atoms with Crippen molar-refractivity contribution in [3.8, 4) is 11.6 Å². The highest BCUT2D eigenvalue weighted by molar-refractivity contribution is 6.34. The Morgan fingerprint density at radius 1 is 1.16 bits per heavy atom. The normalized spacial score (nSPS) is 20.2. The average molecular weight is 460 g/mol. The molecule has 1 aromatic carbocycles. The van der Waals surface area contributed by atoms with Crippen molar-refractivity contribution in [1.82, 2.24) is 9.97 Å². The minimum absolute atomic E-state index is 0.0430. The topological polar surface area (TPSA) is 73.8 Å². The van der Waals surface area contributed by atoms with Crippen LogP contribution >= 0.6 is 11.6 Å². The van der Waals surface area contributed by atoms with Crippen LogP contribution in [-0.4, -0.2) is 54.3 Å². The summed E-state index contributed by atoms with van der Waals surface area (Å²) in [5, 5.41) is 0.448. The van der Waals surface area contributed by atoms with Crippen molar-refractivity contribution >= 4 is 23.2 Å². The quantitative estimate of drug-likeness (QED) is 0.578. The molecule has 0 amide bonds. The molecule has 0 spiro atoms. The Hall–Kier alpha value is -2.38. The molecule has 0 radical (unpaired) electrons. The Balaban J connectivity index is 1.35. The van der Waals surface area contributed by atoms with Crippen LogP contribution in [0.1, 0.15) is 51.0 Å². The summed E-state index contributed by atoms with van der Waals surface area (Å²) in [4.78, 5) is 22.1. The van der Waals surface area contributed by atoms with E-state index < -0.39 is 0 Å². The number of hydrogen-bond acceptors (Lipinski definition) is 7. The summed E-state index contributed by atoms with van der Waals surface area (Å²) in [6.07, 6.45) is 4.71. The van der Waals surface area contributed by atoms with Gasteiger partial charge in [-0.2, -0.15) is 0 Å². The van der Waals surface area contributed by atoms with Gasteiger partial charge in [0.1, 0.15) is 35.1 Å². The summed E-state index contributed by atoms with van der Waals surface area (Å²) in [5.74, 6) is 2.36. The number of carbonyl (C=O) groups excluding carboxylic acids is 1. The highest BCUT2D eigenvalue weighted by Crippen LogP contribution is 2.34. The number of carbonyl (C=O) groups is 1. The predicted octanol–water partition coefficient (Wildman–Crippen LogP) is 4.43. The first-order valence-electron chi connectivity index (χ1n) is 11.3. The minimum atomic E-state index is 0.0430. The molecule has 7 nitrogen and oxygen atoms in total. The zero-order valence-electron chi connectivity index (χ0n) is 18.6. The Bertz CT molecular complexity index is 918. The van der Waals surface area contributed by atoms with Gasteiger partial charge in [-0.05, 0) is 30.5 Å². The number of aromatic nitrogens is 2. The molecule has 32 heavy (non-hydrogen) atoms. The van der Waals surface area contributed by atoms with Gasteiger partial charge in [-0.15, -0.1) is 0 Å². The molecule has 3 heterocycles. The van der Waals surface area contributed by atoms with Gasteiger partial charge in [0.15, 0.2) is 5.82 Å². The van der Waals surface area contributed by atoms with Crippen LogP contribution in [0.3, 0.4) is 0 Å². The average Bonchev–Trinajstić information content (AvgIpc) is 3.24. The SMILES string of the molecule is CC(=O)C[C@@H](C)c1ccc(O[C@@H]2CCN(c3ncnc(OC4CCOCC4)c3Cl)C2)cc1. The minimum Gasteiger partial charge on any atom is -0.489 e. The molecular formula is C24H30ClN3O4. The fraction of sp³-hybridized carbons (Fsp3) is 0.542. The number of nitrogens with zero attached hydrogens (tertiary/aromatic N) is 3. The van der Waals surface area contributed by atoms with Crippen LogP contribution in [-0.2, 0) is 9.53 Å². The third kappa shape index (κ3) is 5.70. The monoisotopic (exact) mass is 459 g/mol. The molecule has 0 aliphatic carbocycles. The zero-order chi connectivity index (χ0) is 22.5. The largest absolute Gasteiger partial charge is 0.489 e. The molecule has 2 atom stereocenters. The van der Waals surface area contributed by atoms with Crippen molar-refractivity contribution in [2.24, 2.45) is 0 Å². The van der Waals surface area contributed by atoms with Crippen LogP contribution in [0.2, 0.25) is 5.02 Å². The molecule has 0 bridgehead atoms. The first-order valence-corrected chi connectivity index (χ1v) is 11.6. The molecule has 172 valence electrons. The lowest BCUT2D eigenvalue weighted by Crippen LogP contribution is -2.27. The van der Waals surface area contributed by atoms with Crippen molar-refractivity contribution in [2.45, 2.75) is 57.7 Å². The zero-order valence-corrected chi connectivity index (χ0v) is 19.4. The summed E-state index contributed by atoms with van der Waals surface area (Å²) in [6.45, 7) is 6.58. The van der Waals surface area contributed by atoms with Crippen molar-refractivity contribution in [3.05, 3.63) is 41.2 Å².